The highest BCUT2D eigenvalue weighted by Crippen LogP contribution is 2.04. The van der Waals surface area contributed by atoms with Gasteiger partial charge in [0.25, 0.3) is 0 Å². The lowest BCUT2D eigenvalue weighted by atomic mass is 10.5. The predicted octanol–water partition coefficient (Wildman–Crippen LogP) is 0.640. The molecule has 0 aliphatic carbocycles. The van der Waals surface area contributed by atoms with Crippen molar-refractivity contribution in [1.29, 1.82) is 0 Å². The van der Waals surface area contributed by atoms with Crippen LogP contribution in [0.15, 0.2) is 24.8 Å². The van der Waals surface area contributed by atoms with E-state index < -0.39 is 0 Å². The Hall–Kier alpha value is -1.62. The molecule has 80 valence electrons. The van der Waals surface area contributed by atoms with Crippen molar-refractivity contribution in [3.8, 4) is 0 Å². The Labute approximate surface area is 88.0 Å². The molecule has 0 saturated carbocycles. The van der Waals surface area contributed by atoms with Crippen LogP contribution in [0, 0.1) is 0 Å². The predicted molar refractivity (Wildman–Crippen MR) is 55.2 cm³/mol. The maximum atomic E-state index is 9.05. The topological polar surface area (TPSA) is 55.9 Å². The Kier molecular flexibility index (Phi) is 2.82. The fourth-order valence-corrected chi connectivity index (χ4v) is 1.57. The van der Waals surface area contributed by atoms with Gasteiger partial charge < -0.3 is 14.2 Å². The summed E-state index contributed by atoms with van der Waals surface area (Å²) in [5.41, 5.74) is 0. The highest BCUT2D eigenvalue weighted by molar-refractivity contribution is 4.98. The minimum Gasteiger partial charge on any atom is -0.388 e. The van der Waals surface area contributed by atoms with Gasteiger partial charge in [0.15, 0.2) is 0 Å². The number of aliphatic hydroxyl groups excluding tert-OH is 1. The molecule has 0 fully saturated rings. The molecule has 0 spiro atoms. The highest BCUT2D eigenvalue weighted by atomic mass is 16.3. The zero-order valence-electron chi connectivity index (χ0n) is 8.67. The molecule has 2 heterocycles. The van der Waals surface area contributed by atoms with Crippen molar-refractivity contribution in [3.63, 3.8) is 0 Å². The van der Waals surface area contributed by atoms with E-state index in [0.717, 1.165) is 12.4 Å². The molecule has 0 aliphatic heterocycles. The van der Waals surface area contributed by atoms with Crippen molar-refractivity contribution >= 4 is 0 Å². The zero-order valence-corrected chi connectivity index (χ0v) is 8.67. The molecule has 15 heavy (non-hydrogen) atoms. The monoisotopic (exact) mass is 206 g/mol. The van der Waals surface area contributed by atoms with Gasteiger partial charge >= 0.3 is 0 Å². The largest absolute Gasteiger partial charge is 0.388 e. The van der Waals surface area contributed by atoms with Gasteiger partial charge in [-0.25, -0.2) is 9.97 Å². The summed E-state index contributed by atoms with van der Waals surface area (Å²) in [4.78, 5) is 8.32. The van der Waals surface area contributed by atoms with Crippen LogP contribution in [0.2, 0.25) is 0 Å². The van der Waals surface area contributed by atoms with Crippen molar-refractivity contribution in [2.45, 2.75) is 26.6 Å². The molecule has 2 aromatic rings. The zero-order chi connectivity index (χ0) is 10.7. The van der Waals surface area contributed by atoms with Crippen molar-refractivity contribution < 1.29 is 5.11 Å². The summed E-state index contributed by atoms with van der Waals surface area (Å²) in [6.45, 7) is 3.58. The Morgan fingerprint density at radius 2 is 1.80 bits per heavy atom. The lowest BCUT2D eigenvalue weighted by Gasteiger charge is -2.07. The number of hydrogen-bond donors (Lipinski definition) is 1. The highest BCUT2D eigenvalue weighted by Gasteiger charge is 2.05. The van der Waals surface area contributed by atoms with Crippen LogP contribution in [0.3, 0.4) is 0 Å². The van der Waals surface area contributed by atoms with E-state index in [2.05, 4.69) is 21.5 Å². The lowest BCUT2D eigenvalue weighted by Crippen LogP contribution is -2.09. The third kappa shape index (κ3) is 1.92. The maximum absolute atomic E-state index is 9.05. The smallest absolute Gasteiger partial charge is 0.134 e. The second-order valence-electron chi connectivity index (χ2n) is 3.26. The molecule has 0 radical (unpaired) electrons. The third-order valence-electron chi connectivity index (χ3n) is 2.40. The van der Waals surface area contributed by atoms with E-state index in [1.807, 2.05) is 17.0 Å². The van der Waals surface area contributed by atoms with E-state index in [4.69, 9.17) is 5.11 Å². The molecule has 2 aromatic heterocycles. The first-order valence-corrected chi connectivity index (χ1v) is 4.96. The summed E-state index contributed by atoms with van der Waals surface area (Å²) < 4.78 is 3.97. The molecular formula is C10H14N4O. The van der Waals surface area contributed by atoms with Gasteiger partial charge in [-0.3, -0.25) is 0 Å². The van der Waals surface area contributed by atoms with E-state index in [1.54, 1.807) is 12.4 Å². The minimum atomic E-state index is -0.0418. The Bertz CT molecular complexity index is 392. The SMILES string of the molecule is CCn1ccnc1Cn1ccnc1CO. The Balaban J connectivity index is 2.21. The summed E-state index contributed by atoms with van der Waals surface area (Å²) >= 11 is 0. The first-order chi connectivity index (χ1) is 7.35. The summed E-state index contributed by atoms with van der Waals surface area (Å²) in [6.07, 6.45) is 7.27. The fourth-order valence-electron chi connectivity index (χ4n) is 1.57. The number of aryl methyl sites for hydroxylation is 1. The second-order valence-corrected chi connectivity index (χ2v) is 3.26. The molecule has 5 nitrogen and oxygen atoms in total. The summed E-state index contributed by atoms with van der Waals surface area (Å²) in [6, 6.07) is 0. The van der Waals surface area contributed by atoms with Crippen LogP contribution in [0.5, 0.6) is 0 Å². The number of nitrogens with zero attached hydrogens (tertiary/aromatic N) is 4. The lowest BCUT2D eigenvalue weighted by molar-refractivity contribution is 0.265. The van der Waals surface area contributed by atoms with Crippen LogP contribution in [-0.2, 0) is 19.7 Å². The molecule has 1 N–H and O–H groups in total. The number of rotatable bonds is 4. The Morgan fingerprint density at radius 3 is 2.47 bits per heavy atom. The van der Waals surface area contributed by atoms with E-state index in [9.17, 15) is 0 Å². The van der Waals surface area contributed by atoms with Gasteiger partial charge in [-0.2, -0.15) is 0 Å². The quantitative estimate of drug-likeness (QED) is 0.798. The van der Waals surface area contributed by atoms with E-state index >= 15 is 0 Å². The summed E-state index contributed by atoms with van der Waals surface area (Å²) in [7, 11) is 0. The van der Waals surface area contributed by atoms with Crippen LogP contribution in [-0.4, -0.2) is 24.2 Å². The van der Waals surface area contributed by atoms with Gasteiger partial charge in [-0.1, -0.05) is 0 Å². The maximum Gasteiger partial charge on any atom is 0.134 e. The average Bonchev–Trinajstić information content (AvgIpc) is 2.87. The molecule has 5 heteroatoms. The molecule has 0 amide bonds. The van der Waals surface area contributed by atoms with Gasteiger partial charge in [-0.15, -0.1) is 0 Å². The number of aromatic nitrogens is 4. The summed E-state index contributed by atoms with van der Waals surface area (Å²) in [5.74, 6) is 1.64. The van der Waals surface area contributed by atoms with Gasteiger partial charge in [0.05, 0.1) is 6.54 Å². The number of hydrogen-bond acceptors (Lipinski definition) is 3. The standard InChI is InChI=1S/C10H14N4O/c1-2-13-5-3-11-9(13)7-14-6-4-12-10(14)8-15/h3-6,15H,2,7-8H2,1H3. The van der Waals surface area contributed by atoms with E-state index in [0.29, 0.717) is 12.4 Å². The van der Waals surface area contributed by atoms with Crippen molar-refractivity contribution in [1.82, 2.24) is 19.1 Å². The molecule has 0 aromatic carbocycles. The van der Waals surface area contributed by atoms with Crippen LogP contribution in [0.4, 0.5) is 0 Å². The second kappa shape index (κ2) is 4.27. The van der Waals surface area contributed by atoms with Gasteiger partial charge in [0.2, 0.25) is 0 Å². The van der Waals surface area contributed by atoms with Crippen molar-refractivity contribution in [2.24, 2.45) is 0 Å². The van der Waals surface area contributed by atoms with Gasteiger partial charge in [0.1, 0.15) is 18.3 Å². The molecule has 0 saturated heterocycles. The molecule has 2 rings (SSSR count). The van der Waals surface area contributed by atoms with Gasteiger partial charge in [0, 0.05) is 31.3 Å². The van der Waals surface area contributed by atoms with Gasteiger partial charge in [-0.05, 0) is 6.92 Å². The van der Waals surface area contributed by atoms with E-state index in [1.165, 1.54) is 0 Å². The molecule has 0 unspecified atom stereocenters. The number of aliphatic hydroxyl groups is 1. The molecule has 0 bridgehead atoms. The molecule has 0 atom stereocenters. The third-order valence-corrected chi connectivity index (χ3v) is 2.40. The van der Waals surface area contributed by atoms with Crippen LogP contribution >= 0.6 is 0 Å². The normalized spacial score (nSPS) is 10.8. The Morgan fingerprint density at radius 1 is 1.13 bits per heavy atom. The molecule has 0 aliphatic rings. The average molecular weight is 206 g/mol. The van der Waals surface area contributed by atoms with Crippen LogP contribution < -0.4 is 0 Å². The molecular weight excluding hydrogens is 192 g/mol. The van der Waals surface area contributed by atoms with E-state index in [-0.39, 0.29) is 6.61 Å². The minimum absolute atomic E-state index is 0.0418. The first kappa shape index (κ1) is 9.92. The summed E-state index contributed by atoms with van der Waals surface area (Å²) in [5, 5.41) is 9.05. The van der Waals surface area contributed by atoms with Crippen molar-refractivity contribution in [3.05, 3.63) is 36.4 Å². The first-order valence-electron chi connectivity index (χ1n) is 4.96. The van der Waals surface area contributed by atoms with Crippen LogP contribution in [0.25, 0.3) is 0 Å². The van der Waals surface area contributed by atoms with Crippen molar-refractivity contribution in [2.75, 3.05) is 0 Å². The fraction of sp³-hybridized carbons (Fsp3) is 0.400. The van der Waals surface area contributed by atoms with Crippen LogP contribution in [0.1, 0.15) is 18.6 Å². The number of imidazole rings is 2.